The molecule has 0 bridgehead atoms. The predicted molar refractivity (Wildman–Crippen MR) is 100 cm³/mol. The van der Waals surface area contributed by atoms with Crippen molar-refractivity contribution in [2.45, 2.75) is 13.5 Å². The van der Waals surface area contributed by atoms with Crippen molar-refractivity contribution in [3.63, 3.8) is 0 Å². The highest BCUT2D eigenvalue weighted by Gasteiger charge is 2.15. The summed E-state index contributed by atoms with van der Waals surface area (Å²) >= 11 is 0. The van der Waals surface area contributed by atoms with Gasteiger partial charge in [-0.25, -0.2) is 14.4 Å². The Morgan fingerprint density at radius 2 is 1.52 bits per heavy atom. The van der Waals surface area contributed by atoms with Crippen molar-refractivity contribution >= 4 is 23.9 Å². The molecule has 0 N–H and O–H groups in total. The Morgan fingerprint density at radius 3 is 2.17 bits per heavy atom. The predicted octanol–water partition coefficient (Wildman–Crippen LogP) is 2.60. The van der Waals surface area contributed by atoms with E-state index in [1.807, 2.05) is 0 Å². The maximum absolute atomic E-state index is 12.3. The summed E-state index contributed by atoms with van der Waals surface area (Å²) in [5.74, 6) is -2.24. The van der Waals surface area contributed by atoms with Crippen molar-refractivity contribution in [2.75, 3.05) is 7.11 Å². The molecule has 2 rings (SSSR count). The normalized spacial score (nSPS) is 10.3. The van der Waals surface area contributed by atoms with Crippen molar-refractivity contribution in [3.05, 3.63) is 71.8 Å². The summed E-state index contributed by atoms with van der Waals surface area (Å²) in [7, 11) is 1.19. The topological polar surface area (TPSA) is 105 Å². The van der Waals surface area contributed by atoms with Crippen molar-refractivity contribution < 1.29 is 38.1 Å². The van der Waals surface area contributed by atoms with E-state index in [2.05, 4.69) is 4.74 Å². The van der Waals surface area contributed by atoms with Gasteiger partial charge in [0.15, 0.2) is 0 Å². The molecule has 2 aromatic carbocycles. The van der Waals surface area contributed by atoms with Gasteiger partial charge in [-0.15, -0.1) is 0 Å². The molecule has 0 aliphatic rings. The van der Waals surface area contributed by atoms with E-state index in [1.54, 1.807) is 24.3 Å². The molecule has 0 amide bonds. The maximum Gasteiger partial charge on any atom is 0.342 e. The molecule has 0 unspecified atom stereocenters. The van der Waals surface area contributed by atoms with Gasteiger partial charge in [0.2, 0.25) is 0 Å². The van der Waals surface area contributed by atoms with Crippen molar-refractivity contribution in [1.82, 2.24) is 0 Å². The van der Waals surface area contributed by atoms with Crippen LogP contribution in [0.4, 0.5) is 0 Å². The van der Waals surface area contributed by atoms with Crippen LogP contribution >= 0.6 is 0 Å². The molecule has 0 spiro atoms. The Balaban J connectivity index is 1.93. The van der Waals surface area contributed by atoms with Gasteiger partial charge in [0.25, 0.3) is 0 Å². The van der Waals surface area contributed by atoms with Gasteiger partial charge in [0.1, 0.15) is 23.7 Å². The first-order chi connectivity index (χ1) is 13.9. The summed E-state index contributed by atoms with van der Waals surface area (Å²) in [6, 6.07) is 12.5. The van der Waals surface area contributed by atoms with Gasteiger partial charge >= 0.3 is 23.9 Å². The lowest BCUT2D eigenvalue weighted by Gasteiger charge is -2.09. The molecule has 0 heterocycles. The minimum absolute atomic E-state index is 0.0380. The molecule has 29 heavy (non-hydrogen) atoms. The summed E-state index contributed by atoms with van der Waals surface area (Å²) < 4.78 is 19.6. The monoisotopic (exact) mass is 398 g/mol. The van der Waals surface area contributed by atoms with Crippen molar-refractivity contribution in [3.8, 4) is 11.5 Å². The summed E-state index contributed by atoms with van der Waals surface area (Å²) in [6.07, 6.45) is 1.89. The fourth-order valence-electron chi connectivity index (χ4n) is 2.11. The number of hydrogen-bond donors (Lipinski definition) is 0. The number of methoxy groups -OCH3 is 1. The highest BCUT2D eigenvalue weighted by Crippen LogP contribution is 2.20. The molecule has 0 fully saturated rings. The molecule has 0 saturated carbocycles. The Labute approximate surface area is 166 Å². The molecule has 2 aromatic rings. The molecule has 0 saturated heterocycles. The van der Waals surface area contributed by atoms with E-state index >= 15 is 0 Å². The average Bonchev–Trinajstić information content (AvgIpc) is 2.71. The van der Waals surface area contributed by atoms with Crippen LogP contribution in [-0.4, -0.2) is 31.0 Å². The standard InChI is InChI=1S/C21H18O8/c1-14(22)28-18-6-4-3-5-17(18)21(25)27-13-15-7-9-16(10-8-15)29-20(24)12-11-19(23)26-2/h3-12H,13H2,1-2H3/b12-11+. The van der Waals surface area contributed by atoms with Gasteiger partial charge in [0, 0.05) is 19.1 Å². The van der Waals surface area contributed by atoms with Crippen LogP contribution in [0, 0.1) is 0 Å². The second-order valence-electron chi connectivity index (χ2n) is 5.59. The summed E-state index contributed by atoms with van der Waals surface area (Å²) in [5, 5.41) is 0. The zero-order valence-corrected chi connectivity index (χ0v) is 15.7. The molecular weight excluding hydrogens is 380 g/mol. The Kier molecular flexibility index (Phi) is 7.67. The van der Waals surface area contributed by atoms with Gasteiger partial charge in [0.05, 0.1) is 7.11 Å². The Morgan fingerprint density at radius 1 is 0.862 bits per heavy atom. The first kappa shape index (κ1) is 21.4. The van der Waals surface area contributed by atoms with Gasteiger partial charge in [-0.1, -0.05) is 24.3 Å². The first-order valence-corrected chi connectivity index (χ1v) is 8.40. The molecule has 8 heteroatoms. The highest BCUT2D eigenvalue weighted by atomic mass is 16.6. The summed E-state index contributed by atoms with van der Waals surface area (Å²) in [6.45, 7) is 1.20. The zero-order chi connectivity index (χ0) is 21.2. The fourth-order valence-corrected chi connectivity index (χ4v) is 2.11. The SMILES string of the molecule is COC(=O)/C=C/C(=O)Oc1ccc(COC(=O)c2ccccc2OC(C)=O)cc1. The van der Waals surface area contributed by atoms with E-state index in [4.69, 9.17) is 14.2 Å². The van der Waals surface area contributed by atoms with Crippen LogP contribution in [0.5, 0.6) is 11.5 Å². The van der Waals surface area contributed by atoms with Crippen LogP contribution in [0.25, 0.3) is 0 Å². The third-order valence-electron chi connectivity index (χ3n) is 3.43. The van der Waals surface area contributed by atoms with E-state index in [-0.39, 0.29) is 23.7 Å². The first-order valence-electron chi connectivity index (χ1n) is 8.40. The number of carbonyl (C=O) groups excluding carboxylic acids is 4. The van der Waals surface area contributed by atoms with Crippen LogP contribution in [0.15, 0.2) is 60.7 Å². The lowest BCUT2D eigenvalue weighted by atomic mass is 10.2. The van der Waals surface area contributed by atoms with Gasteiger partial charge in [-0.2, -0.15) is 0 Å². The number of carbonyl (C=O) groups is 4. The molecule has 0 aliphatic carbocycles. The molecule has 0 radical (unpaired) electrons. The lowest BCUT2D eigenvalue weighted by molar-refractivity contribution is -0.135. The largest absolute Gasteiger partial charge is 0.466 e. The van der Waals surface area contributed by atoms with E-state index in [9.17, 15) is 19.2 Å². The highest BCUT2D eigenvalue weighted by molar-refractivity contribution is 5.93. The minimum Gasteiger partial charge on any atom is -0.466 e. The maximum atomic E-state index is 12.3. The molecule has 8 nitrogen and oxygen atoms in total. The lowest BCUT2D eigenvalue weighted by Crippen LogP contribution is -2.10. The second kappa shape index (κ2) is 10.4. The zero-order valence-electron chi connectivity index (χ0n) is 15.7. The Hall–Kier alpha value is -3.94. The van der Waals surface area contributed by atoms with E-state index in [0.29, 0.717) is 5.56 Å². The number of ether oxygens (including phenoxy) is 4. The van der Waals surface area contributed by atoms with Gasteiger partial charge in [-0.05, 0) is 29.8 Å². The van der Waals surface area contributed by atoms with Gasteiger partial charge < -0.3 is 18.9 Å². The summed E-state index contributed by atoms with van der Waals surface area (Å²) in [5.41, 5.74) is 0.777. The average molecular weight is 398 g/mol. The van der Waals surface area contributed by atoms with E-state index in [1.165, 1.54) is 38.3 Å². The third kappa shape index (κ3) is 6.94. The van der Waals surface area contributed by atoms with Crippen LogP contribution in [0.2, 0.25) is 0 Å². The molecular formula is C21H18O8. The number of hydrogen-bond acceptors (Lipinski definition) is 8. The van der Waals surface area contributed by atoms with Crippen molar-refractivity contribution in [2.24, 2.45) is 0 Å². The van der Waals surface area contributed by atoms with Crippen LogP contribution in [-0.2, 0) is 30.5 Å². The molecule has 0 aliphatic heterocycles. The van der Waals surface area contributed by atoms with Crippen LogP contribution in [0.3, 0.4) is 0 Å². The van der Waals surface area contributed by atoms with Crippen LogP contribution < -0.4 is 9.47 Å². The molecule has 0 aromatic heterocycles. The number of benzene rings is 2. The summed E-state index contributed by atoms with van der Waals surface area (Å²) in [4.78, 5) is 45.9. The number of rotatable bonds is 7. The van der Waals surface area contributed by atoms with Gasteiger partial charge in [-0.3, -0.25) is 4.79 Å². The number of esters is 4. The van der Waals surface area contributed by atoms with Crippen molar-refractivity contribution in [1.29, 1.82) is 0 Å². The van der Waals surface area contributed by atoms with E-state index < -0.39 is 23.9 Å². The fraction of sp³-hybridized carbons (Fsp3) is 0.143. The third-order valence-corrected chi connectivity index (χ3v) is 3.43. The smallest absolute Gasteiger partial charge is 0.342 e. The quantitative estimate of drug-likeness (QED) is 0.398. The van der Waals surface area contributed by atoms with E-state index in [0.717, 1.165) is 12.2 Å². The Bertz CT molecular complexity index is 928. The second-order valence-corrected chi connectivity index (χ2v) is 5.59. The minimum atomic E-state index is -0.739. The number of para-hydroxylation sites is 1. The van der Waals surface area contributed by atoms with Crippen LogP contribution in [0.1, 0.15) is 22.8 Å². The molecule has 0 atom stereocenters. The molecule has 150 valence electrons.